The number of amides is 1. The summed E-state index contributed by atoms with van der Waals surface area (Å²) in [6.07, 6.45) is 4.84. The van der Waals surface area contributed by atoms with Crippen LogP contribution in [0.2, 0.25) is 0 Å². The molecule has 3 aromatic rings. The number of rotatable bonds is 3. The molecule has 0 bridgehead atoms. The molecule has 5 heteroatoms. The highest BCUT2D eigenvalue weighted by molar-refractivity contribution is 5.91. The van der Waals surface area contributed by atoms with Crippen molar-refractivity contribution in [2.24, 2.45) is 5.73 Å². The van der Waals surface area contributed by atoms with E-state index in [4.69, 9.17) is 5.73 Å². The third-order valence-electron chi connectivity index (χ3n) is 3.33. The van der Waals surface area contributed by atoms with Gasteiger partial charge in [0, 0.05) is 17.8 Å². The van der Waals surface area contributed by atoms with Crippen molar-refractivity contribution < 1.29 is 9.18 Å². The molecule has 22 heavy (non-hydrogen) atoms. The Morgan fingerprint density at radius 1 is 1.23 bits per heavy atom. The predicted molar refractivity (Wildman–Crippen MR) is 83.6 cm³/mol. The van der Waals surface area contributed by atoms with E-state index in [1.165, 1.54) is 18.2 Å². The monoisotopic (exact) mass is 295 g/mol. The first-order valence-corrected chi connectivity index (χ1v) is 6.77. The van der Waals surface area contributed by atoms with Crippen LogP contribution in [0.3, 0.4) is 0 Å². The number of hydrogen-bond donors (Lipinski definition) is 1. The van der Waals surface area contributed by atoms with Crippen LogP contribution in [0.1, 0.15) is 11.3 Å². The van der Waals surface area contributed by atoms with Gasteiger partial charge in [0.2, 0.25) is 5.91 Å². The molecule has 1 amide bonds. The number of aromatic nitrogens is 2. The zero-order valence-corrected chi connectivity index (χ0v) is 12.0. The van der Waals surface area contributed by atoms with Crippen LogP contribution in [-0.2, 0) is 4.79 Å². The number of pyridine rings is 1. The number of hydrogen-bond acceptors (Lipinski definition) is 2. The molecule has 0 spiro atoms. The van der Waals surface area contributed by atoms with Crippen LogP contribution in [0.5, 0.6) is 0 Å². The van der Waals surface area contributed by atoms with Crippen molar-refractivity contribution in [2.45, 2.75) is 6.92 Å². The molecule has 2 aromatic heterocycles. The normalized spacial score (nSPS) is 11.4. The van der Waals surface area contributed by atoms with E-state index < -0.39 is 5.91 Å². The quantitative estimate of drug-likeness (QED) is 0.755. The Labute approximate surface area is 126 Å². The van der Waals surface area contributed by atoms with Gasteiger partial charge in [-0.2, -0.15) is 0 Å². The highest BCUT2D eigenvalue weighted by Gasteiger charge is 2.12. The molecule has 2 heterocycles. The Balaban J connectivity index is 2.26. The van der Waals surface area contributed by atoms with E-state index in [2.05, 4.69) is 4.98 Å². The van der Waals surface area contributed by atoms with Crippen LogP contribution in [0.15, 0.2) is 48.7 Å². The minimum atomic E-state index is -0.535. The lowest BCUT2D eigenvalue weighted by atomic mass is 10.1. The Hall–Kier alpha value is -2.95. The summed E-state index contributed by atoms with van der Waals surface area (Å²) in [5, 5.41) is 0. The van der Waals surface area contributed by atoms with Crippen molar-refractivity contribution in [3.05, 3.63) is 65.7 Å². The molecule has 0 saturated carbocycles. The minimum absolute atomic E-state index is 0.308. The second kappa shape index (κ2) is 5.44. The molecular formula is C17H14FN3O. The second-order valence-corrected chi connectivity index (χ2v) is 5.02. The molecule has 0 fully saturated rings. The number of aryl methyl sites for hydroxylation is 1. The number of carbonyl (C=O) groups excluding carboxylic acids is 1. The zero-order chi connectivity index (χ0) is 15.7. The fraction of sp³-hybridized carbons (Fsp3) is 0.0588. The van der Waals surface area contributed by atoms with Crippen LogP contribution in [0.25, 0.3) is 23.0 Å². The van der Waals surface area contributed by atoms with E-state index in [-0.39, 0.29) is 5.82 Å². The number of nitrogens with zero attached hydrogens (tertiary/aromatic N) is 2. The smallest absolute Gasteiger partial charge is 0.241 e. The molecule has 4 nitrogen and oxygen atoms in total. The van der Waals surface area contributed by atoms with Gasteiger partial charge >= 0.3 is 0 Å². The molecule has 0 atom stereocenters. The molecule has 0 unspecified atom stereocenters. The van der Waals surface area contributed by atoms with Gasteiger partial charge < -0.3 is 5.73 Å². The molecule has 0 aliphatic carbocycles. The number of nitrogens with two attached hydrogens (primary N) is 1. The number of carbonyl (C=O) groups is 1. The van der Waals surface area contributed by atoms with Gasteiger partial charge in [-0.3, -0.25) is 9.20 Å². The fourth-order valence-corrected chi connectivity index (χ4v) is 2.31. The van der Waals surface area contributed by atoms with E-state index in [9.17, 15) is 9.18 Å². The maximum Gasteiger partial charge on any atom is 0.241 e. The SMILES string of the molecule is Cc1ccc2nc(-c3ccc(F)cc3)c(/C=C\C(N)=O)n2c1. The minimum Gasteiger partial charge on any atom is -0.366 e. The van der Waals surface area contributed by atoms with E-state index in [0.717, 1.165) is 22.5 Å². The lowest BCUT2D eigenvalue weighted by molar-refractivity contribution is -0.113. The molecule has 2 N–H and O–H groups in total. The molecule has 1 aromatic carbocycles. The van der Waals surface area contributed by atoms with Crippen molar-refractivity contribution in [2.75, 3.05) is 0 Å². The van der Waals surface area contributed by atoms with Crippen molar-refractivity contribution >= 4 is 17.6 Å². The maximum atomic E-state index is 13.1. The Morgan fingerprint density at radius 3 is 2.64 bits per heavy atom. The summed E-state index contributed by atoms with van der Waals surface area (Å²) < 4.78 is 15.0. The first-order valence-electron chi connectivity index (χ1n) is 6.77. The van der Waals surface area contributed by atoms with E-state index in [1.807, 2.05) is 29.7 Å². The molecule has 0 saturated heterocycles. The highest BCUT2D eigenvalue weighted by atomic mass is 19.1. The molecule has 0 radical (unpaired) electrons. The van der Waals surface area contributed by atoms with Crippen molar-refractivity contribution in [1.29, 1.82) is 0 Å². The number of benzene rings is 1. The van der Waals surface area contributed by atoms with E-state index in [1.54, 1.807) is 18.2 Å². The third-order valence-corrected chi connectivity index (χ3v) is 3.33. The van der Waals surface area contributed by atoms with Crippen molar-refractivity contribution in [3.63, 3.8) is 0 Å². The summed E-state index contributed by atoms with van der Waals surface area (Å²) in [4.78, 5) is 15.6. The predicted octanol–water partition coefficient (Wildman–Crippen LogP) is 2.95. The zero-order valence-electron chi connectivity index (χ0n) is 12.0. The van der Waals surface area contributed by atoms with Gasteiger partial charge in [-0.15, -0.1) is 0 Å². The van der Waals surface area contributed by atoms with Crippen LogP contribution < -0.4 is 5.73 Å². The number of fused-ring (bicyclic) bond motifs is 1. The van der Waals surface area contributed by atoms with Gasteiger partial charge in [-0.05, 0) is 48.9 Å². The molecular weight excluding hydrogens is 281 g/mol. The van der Waals surface area contributed by atoms with E-state index >= 15 is 0 Å². The second-order valence-electron chi connectivity index (χ2n) is 5.02. The number of primary amides is 1. The Bertz CT molecular complexity index is 879. The average Bonchev–Trinajstić information content (AvgIpc) is 2.83. The van der Waals surface area contributed by atoms with Gasteiger partial charge in [0.1, 0.15) is 11.5 Å². The van der Waals surface area contributed by atoms with Crippen LogP contribution in [0.4, 0.5) is 4.39 Å². The first-order chi connectivity index (χ1) is 10.5. The summed E-state index contributed by atoms with van der Waals surface area (Å²) in [6.45, 7) is 1.97. The van der Waals surface area contributed by atoms with Gasteiger partial charge in [0.15, 0.2) is 0 Å². The largest absolute Gasteiger partial charge is 0.366 e. The van der Waals surface area contributed by atoms with Gasteiger partial charge in [-0.1, -0.05) is 6.07 Å². The summed E-state index contributed by atoms with van der Waals surface area (Å²) in [6, 6.07) is 9.93. The lowest BCUT2D eigenvalue weighted by Crippen LogP contribution is -2.05. The Morgan fingerprint density at radius 2 is 1.95 bits per heavy atom. The average molecular weight is 295 g/mol. The topological polar surface area (TPSA) is 60.4 Å². The molecule has 3 rings (SSSR count). The number of imidazole rings is 1. The van der Waals surface area contributed by atoms with Crippen molar-refractivity contribution in [1.82, 2.24) is 9.38 Å². The number of halogens is 1. The standard InChI is InChI=1S/C17H14FN3O/c1-11-2-9-16-20-17(12-3-5-13(18)6-4-12)14(21(16)10-11)7-8-15(19)22/h2-10H,1H3,(H2,19,22)/b8-7-. The molecule has 110 valence electrons. The highest BCUT2D eigenvalue weighted by Crippen LogP contribution is 2.26. The third kappa shape index (κ3) is 2.61. The van der Waals surface area contributed by atoms with E-state index in [0.29, 0.717) is 5.69 Å². The van der Waals surface area contributed by atoms with Crippen LogP contribution in [0, 0.1) is 12.7 Å². The lowest BCUT2D eigenvalue weighted by Gasteiger charge is -2.01. The van der Waals surface area contributed by atoms with Gasteiger partial charge in [-0.25, -0.2) is 9.37 Å². The summed E-state index contributed by atoms with van der Waals surface area (Å²) in [5.74, 6) is -0.842. The first kappa shape index (κ1) is 14.0. The van der Waals surface area contributed by atoms with Gasteiger partial charge in [0.05, 0.1) is 11.4 Å². The summed E-state index contributed by atoms with van der Waals surface area (Å²) >= 11 is 0. The van der Waals surface area contributed by atoms with Crippen LogP contribution in [-0.4, -0.2) is 15.3 Å². The maximum absolute atomic E-state index is 13.1. The Kier molecular flexibility index (Phi) is 3.47. The van der Waals surface area contributed by atoms with Crippen LogP contribution >= 0.6 is 0 Å². The molecule has 0 aliphatic rings. The van der Waals surface area contributed by atoms with Crippen molar-refractivity contribution in [3.8, 4) is 11.3 Å². The fourth-order valence-electron chi connectivity index (χ4n) is 2.31. The molecule has 0 aliphatic heterocycles. The summed E-state index contributed by atoms with van der Waals surface area (Å²) in [5.41, 5.74) is 9.16. The summed E-state index contributed by atoms with van der Waals surface area (Å²) in [7, 11) is 0. The van der Waals surface area contributed by atoms with Gasteiger partial charge in [0.25, 0.3) is 0 Å².